The number of hydrogen-bond acceptors (Lipinski definition) is 4. The van der Waals surface area contributed by atoms with Crippen molar-refractivity contribution in [3.05, 3.63) is 53.6 Å². The van der Waals surface area contributed by atoms with Gasteiger partial charge < -0.3 is 19.5 Å². The van der Waals surface area contributed by atoms with Gasteiger partial charge in [0.2, 0.25) is 0 Å². The van der Waals surface area contributed by atoms with E-state index in [4.69, 9.17) is 9.47 Å². The molecule has 0 aliphatic carbocycles. The van der Waals surface area contributed by atoms with E-state index in [1.807, 2.05) is 31.2 Å². The van der Waals surface area contributed by atoms with E-state index in [0.29, 0.717) is 18.7 Å². The molecule has 2 aromatic carbocycles. The molecule has 7 heteroatoms. The van der Waals surface area contributed by atoms with Gasteiger partial charge in [-0.15, -0.1) is 0 Å². The highest BCUT2D eigenvalue weighted by Gasteiger charge is 2.11. The van der Waals surface area contributed by atoms with Gasteiger partial charge in [-0.05, 0) is 42.2 Å². The number of benzene rings is 2. The van der Waals surface area contributed by atoms with Gasteiger partial charge in [-0.2, -0.15) is 8.78 Å². The summed E-state index contributed by atoms with van der Waals surface area (Å²) in [5.41, 5.74) is 1.78. The normalized spacial score (nSPS) is 10.6. The fourth-order valence-electron chi connectivity index (χ4n) is 2.54. The molecule has 27 heavy (non-hydrogen) atoms. The number of nitrogens with one attached hydrogen (secondary N) is 1. The van der Waals surface area contributed by atoms with Crippen LogP contribution in [0.25, 0.3) is 0 Å². The third kappa shape index (κ3) is 6.44. The minimum absolute atomic E-state index is 0.0316. The Balaban J connectivity index is 1.82. The first-order chi connectivity index (χ1) is 13.0. The Morgan fingerprint density at radius 1 is 1.11 bits per heavy atom. The van der Waals surface area contributed by atoms with Crippen molar-refractivity contribution in [1.29, 1.82) is 0 Å². The van der Waals surface area contributed by atoms with Gasteiger partial charge in [0, 0.05) is 6.54 Å². The summed E-state index contributed by atoms with van der Waals surface area (Å²) in [6.45, 7) is -0.655. The molecule has 1 amide bonds. The topological polar surface area (TPSA) is 56.8 Å². The number of ether oxygens (including phenoxy) is 3. The average Bonchev–Trinajstić information content (AvgIpc) is 2.66. The summed E-state index contributed by atoms with van der Waals surface area (Å²) in [6.07, 6.45) is 1.28. The van der Waals surface area contributed by atoms with Crippen molar-refractivity contribution in [2.24, 2.45) is 0 Å². The number of para-hydroxylation sites is 1. The van der Waals surface area contributed by atoms with Crippen molar-refractivity contribution >= 4 is 5.91 Å². The highest BCUT2D eigenvalue weighted by atomic mass is 19.3. The molecule has 0 atom stereocenters. The highest BCUT2D eigenvalue weighted by molar-refractivity contribution is 5.77. The van der Waals surface area contributed by atoms with E-state index >= 15 is 0 Å². The minimum Gasteiger partial charge on any atom is -0.493 e. The number of carbonyl (C=O) groups is 1. The molecule has 2 rings (SSSR count). The monoisotopic (exact) mass is 379 g/mol. The number of carbonyl (C=O) groups excluding carboxylic acids is 1. The van der Waals surface area contributed by atoms with Crippen LogP contribution in [0.1, 0.15) is 18.1 Å². The minimum atomic E-state index is -2.93. The van der Waals surface area contributed by atoms with Crippen LogP contribution in [-0.2, 0) is 17.6 Å². The van der Waals surface area contributed by atoms with Crippen LogP contribution in [0.3, 0.4) is 0 Å². The van der Waals surface area contributed by atoms with Crippen LogP contribution in [0, 0.1) is 0 Å². The highest BCUT2D eigenvalue weighted by Crippen LogP contribution is 2.29. The predicted octanol–water partition coefficient (Wildman–Crippen LogP) is 3.60. The second-order valence-corrected chi connectivity index (χ2v) is 5.71. The number of methoxy groups -OCH3 is 1. The first-order valence-corrected chi connectivity index (χ1v) is 8.62. The van der Waals surface area contributed by atoms with Crippen molar-refractivity contribution in [2.75, 3.05) is 20.3 Å². The summed E-state index contributed by atoms with van der Waals surface area (Å²) >= 11 is 0. The second-order valence-electron chi connectivity index (χ2n) is 5.71. The largest absolute Gasteiger partial charge is 0.493 e. The van der Waals surface area contributed by atoms with Crippen LogP contribution in [-0.4, -0.2) is 32.8 Å². The third-order valence-corrected chi connectivity index (χ3v) is 3.89. The number of aryl methyl sites for hydroxylation is 1. The van der Waals surface area contributed by atoms with Gasteiger partial charge in [0.25, 0.3) is 5.91 Å². The maximum absolute atomic E-state index is 12.5. The molecule has 0 saturated carbocycles. The first kappa shape index (κ1) is 20.5. The van der Waals surface area contributed by atoms with Gasteiger partial charge >= 0.3 is 6.61 Å². The molecule has 146 valence electrons. The molecule has 0 bridgehead atoms. The lowest BCUT2D eigenvalue weighted by atomic mass is 10.1. The van der Waals surface area contributed by atoms with Crippen molar-refractivity contribution in [1.82, 2.24) is 5.32 Å². The molecule has 0 aromatic heterocycles. The molecule has 0 aliphatic heterocycles. The van der Waals surface area contributed by atoms with Crippen LogP contribution >= 0.6 is 0 Å². The van der Waals surface area contributed by atoms with Crippen molar-refractivity contribution in [3.8, 4) is 17.2 Å². The molecule has 0 aliphatic rings. The van der Waals surface area contributed by atoms with Crippen molar-refractivity contribution in [2.45, 2.75) is 26.4 Å². The molecule has 0 fully saturated rings. The number of amides is 1. The van der Waals surface area contributed by atoms with Crippen LogP contribution in [0.2, 0.25) is 0 Å². The van der Waals surface area contributed by atoms with E-state index in [0.717, 1.165) is 17.5 Å². The third-order valence-electron chi connectivity index (χ3n) is 3.89. The zero-order valence-electron chi connectivity index (χ0n) is 15.3. The van der Waals surface area contributed by atoms with E-state index in [1.54, 1.807) is 12.1 Å². The standard InChI is InChI=1S/C20H23F2NO4/c1-3-15-6-4-5-7-16(15)26-13-19(24)23-11-10-14-8-9-17(25-2)18(12-14)27-20(21)22/h4-9,12,20H,3,10-11,13H2,1-2H3,(H,23,24). The molecular weight excluding hydrogens is 356 g/mol. The van der Waals surface area contributed by atoms with E-state index in [-0.39, 0.29) is 24.0 Å². The fraction of sp³-hybridized carbons (Fsp3) is 0.350. The van der Waals surface area contributed by atoms with Crippen LogP contribution in [0.15, 0.2) is 42.5 Å². The Kier molecular flexibility index (Phi) is 7.85. The van der Waals surface area contributed by atoms with Gasteiger partial charge in [-0.25, -0.2) is 0 Å². The Bertz CT molecular complexity index is 753. The van der Waals surface area contributed by atoms with E-state index in [9.17, 15) is 13.6 Å². The van der Waals surface area contributed by atoms with E-state index in [1.165, 1.54) is 13.2 Å². The molecule has 0 unspecified atom stereocenters. The van der Waals surface area contributed by atoms with Gasteiger partial charge in [0.15, 0.2) is 18.1 Å². The molecule has 0 heterocycles. The molecule has 5 nitrogen and oxygen atoms in total. The van der Waals surface area contributed by atoms with Gasteiger partial charge in [-0.1, -0.05) is 31.2 Å². The second kappa shape index (κ2) is 10.4. The lowest BCUT2D eigenvalue weighted by molar-refractivity contribution is -0.123. The molecular formula is C20H23F2NO4. The number of alkyl halides is 2. The molecule has 1 N–H and O–H groups in total. The maximum Gasteiger partial charge on any atom is 0.387 e. The Labute approximate surface area is 157 Å². The lowest BCUT2D eigenvalue weighted by Gasteiger charge is -2.12. The molecule has 2 aromatic rings. The Morgan fingerprint density at radius 2 is 1.89 bits per heavy atom. The zero-order valence-corrected chi connectivity index (χ0v) is 15.3. The van der Waals surface area contributed by atoms with Crippen LogP contribution < -0.4 is 19.5 Å². The Morgan fingerprint density at radius 3 is 2.59 bits per heavy atom. The summed E-state index contributed by atoms with van der Waals surface area (Å²) in [5, 5.41) is 2.74. The smallest absolute Gasteiger partial charge is 0.387 e. The molecule has 0 saturated heterocycles. The Hall–Kier alpha value is -2.83. The lowest BCUT2D eigenvalue weighted by Crippen LogP contribution is -2.30. The van der Waals surface area contributed by atoms with Crippen molar-refractivity contribution in [3.63, 3.8) is 0 Å². The van der Waals surface area contributed by atoms with Gasteiger partial charge in [0.1, 0.15) is 5.75 Å². The van der Waals surface area contributed by atoms with Crippen LogP contribution in [0.4, 0.5) is 8.78 Å². The first-order valence-electron chi connectivity index (χ1n) is 8.62. The maximum atomic E-state index is 12.5. The van der Waals surface area contributed by atoms with E-state index in [2.05, 4.69) is 10.1 Å². The molecule has 0 spiro atoms. The quantitative estimate of drug-likeness (QED) is 0.685. The number of halogens is 2. The van der Waals surface area contributed by atoms with Gasteiger partial charge in [0.05, 0.1) is 7.11 Å². The summed E-state index contributed by atoms with van der Waals surface area (Å²) in [7, 11) is 1.38. The van der Waals surface area contributed by atoms with Crippen molar-refractivity contribution < 1.29 is 27.8 Å². The number of rotatable bonds is 10. The SMILES string of the molecule is CCc1ccccc1OCC(=O)NCCc1ccc(OC)c(OC(F)F)c1. The van der Waals surface area contributed by atoms with Gasteiger partial charge in [-0.3, -0.25) is 4.79 Å². The summed E-state index contributed by atoms with van der Waals surface area (Å²) in [6, 6.07) is 12.3. The zero-order chi connectivity index (χ0) is 19.6. The fourth-order valence-corrected chi connectivity index (χ4v) is 2.54. The predicted molar refractivity (Wildman–Crippen MR) is 97.7 cm³/mol. The molecule has 0 radical (unpaired) electrons. The van der Waals surface area contributed by atoms with Crippen LogP contribution in [0.5, 0.6) is 17.2 Å². The summed E-state index contributed by atoms with van der Waals surface area (Å²) in [5.74, 6) is 0.638. The summed E-state index contributed by atoms with van der Waals surface area (Å²) < 4.78 is 39.9. The summed E-state index contributed by atoms with van der Waals surface area (Å²) in [4.78, 5) is 11.9. The average molecular weight is 379 g/mol. The van der Waals surface area contributed by atoms with E-state index < -0.39 is 6.61 Å². The number of hydrogen-bond donors (Lipinski definition) is 1.